The smallest absolute Gasteiger partial charge is 0.220 e. The Balaban J connectivity index is 1.74. The van der Waals surface area contributed by atoms with Gasteiger partial charge in [0.15, 0.2) is 0 Å². The zero-order chi connectivity index (χ0) is 13.8. The third kappa shape index (κ3) is 4.48. The Bertz CT molecular complexity index is 452. The number of rotatable bonds is 6. The molecule has 6 heteroatoms. The fourth-order valence-electron chi connectivity index (χ4n) is 1.75. The Labute approximate surface area is 122 Å². The van der Waals surface area contributed by atoms with Gasteiger partial charge in [0.2, 0.25) is 5.91 Å². The monoisotopic (exact) mass is 301 g/mol. The summed E-state index contributed by atoms with van der Waals surface area (Å²) in [5.74, 6) is 0.110. The maximum atomic E-state index is 11.5. The van der Waals surface area contributed by atoms with Crippen LogP contribution in [0, 0.1) is 0 Å². The number of anilines is 2. The van der Waals surface area contributed by atoms with E-state index in [0.717, 1.165) is 19.3 Å². The third-order valence-corrected chi connectivity index (χ3v) is 3.49. The fourth-order valence-corrected chi connectivity index (χ4v) is 2.39. The molecule has 1 aliphatic rings. The number of carbonyl (C=O) groups is 1. The van der Waals surface area contributed by atoms with E-state index in [0.29, 0.717) is 40.4 Å². The Morgan fingerprint density at radius 2 is 1.95 bits per heavy atom. The lowest BCUT2D eigenvalue weighted by molar-refractivity contribution is -0.121. The van der Waals surface area contributed by atoms with Gasteiger partial charge < -0.3 is 16.4 Å². The first-order chi connectivity index (χ1) is 9.06. The molecule has 1 fully saturated rings. The van der Waals surface area contributed by atoms with E-state index in [1.807, 2.05) is 0 Å². The standard InChI is InChI=1S/C13H17Cl2N3O/c14-10-6-8(16)7-11(15)13(10)17-5-1-2-12(19)18-9-3-4-9/h6-7,9,17H,1-5,16H2,(H,18,19). The van der Waals surface area contributed by atoms with Gasteiger partial charge in [0.1, 0.15) is 0 Å². The number of nitrogens with one attached hydrogen (secondary N) is 2. The van der Waals surface area contributed by atoms with Gasteiger partial charge >= 0.3 is 0 Å². The molecule has 1 aromatic rings. The first-order valence-electron chi connectivity index (χ1n) is 6.34. The fraction of sp³-hybridized carbons (Fsp3) is 0.462. The van der Waals surface area contributed by atoms with Gasteiger partial charge in [-0.3, -0.25) is 4.79 Å². The van der Waals surface area contributed by atoms with Crippen LogP contribution in [0.2, 0.25) is 10.0 Å². The molecule has 0 heterocycles. The van der Waals surface area contributed by atoms with E-state index in [1.165, 1.54) is 0 Å². The maximum absolute atomic E-state index is 11.5. The Morgan fingerprint density at radius 3 is 2.53 bits per heavy atom. The van der Waals surface area contributed by atoms with E-state index in [-0.39, 0.29) is 5.91 Å². The van der Waals surface area contributed by atoms with Crippen LogP contribution in [0.5, 0.6) is 0 Å². The first kappa shape index (κ1) is 14.3. The molecule has 0 bridgehead atoms. The van der Waals surface area contributed by atoms with Gasteiger partial charge in [-0.1, -0.05) is 23.2 Å². The molecule has 104 valence electrons. The Morgan fingerprint density at radius 1 is 1.32 bits per heavy atom. The molecule has 4 nitrogen and oxygen atoms in total. The average molecular weight is 302 g/mol. The second-order valence-electron chi connectivity index (χ2n) is 4.73. The third-order valence-electron chi connectivity index (χ3n) is 2.89. The predicted molar refractivity (Wildman–Crippen MR) is 79.8 cm³/mol. The van der Waals surface area contributed by atoms with Crippen molar-refractivity contribution < 1.29 is 4.79 Å². The van der Waals surface area contributed by atoms with Crippen LogP contribution in [-0.2, 0) is 4.79 Å². The van der Waals surface area contributed by atoms with Crippen LogP contribution in [0.25, 0.3) is 0 Å². The zero-order valence-corrected chi connectivity index (χ0v) is 12.0. The van der Waals surface area contributed by atoms with Crippen molar-refractivity contribution in [1.29, 1.82) is 0 Å². The van der Waals surface area contributed by atoms with Crippen LogP contribution in [-0.4, -0.2) is 18.5 Å². The average Bonchev–Trinajstić information content (AvgIpc) is 3.10. The summed E-state index contributed by atoms with van der Waals surface area (Å²) in [6.45, 7) is 0.640. The predicted octanol–water partition coefficient (Wildman–Crippen LogP) is 3.05. The maximum Gasteiger partial charge on any atom is 0.220 e. The highest BCUT2D eigenvalue weighted by Gasteiger charge is 2.22. The van der Waals surface area contributed by atoms with Crippen molar-refractivity contribution in [3.63, 3.8) is 0 Å². The van der Waals surface area contributed by atoms with Gasteiger partial charge in [-0.25, -0.2) is 0 Å². The number of hydrogen-bond acceptors (Lipinski definition) is 3. The second-order valence-corrected chi connectivity index (χ2v) is 5.55. The molecule has 0 aromatic heterocycles. The number of carbonyl (C=O) groups excluding carboxylic acids is 1. The van der Waals surface area contributed by atoms with E-state index in [4.69, 9.17) is 28.9 Å². The topological polar surface area (TPSA) is 67.1 Å². The van der Waals surface area contributed by atoms with E-state index < -0.39 is 0 Å². The summed E-state index contributed by atoms with van der Waals surface area (Å²) >= 11 is 12.1. The number of hydrogen-bond donors (Lipinski definition) is 3. The second kappa shape index (κ2) is 6.35. The van der Waals surface area contributed by atoms with Gasteiger partial charge in [-0.15, -0.1) is 0 Å². The SMILES string of the molecule is Nc1cc(Cl)c(NCCCC(=O)NC2CC2)c(Cl)c1. The highest BCUT2D eigenvalue weighted by Crippen LogP contribution is 2.32. The zero-order valence-electron chi connectivity index (χ0n) is 10.5. The lowest BCUT2D eigenvalue weighted by Crippen LogP contribution is -2.25. The quantitative estimate of drug-likeness (QED) is 0.559. The molecule has 1 aromatic carbocycles. The van der Waals surface area contributed by atoms with Crippen LogP contribution >= 0.6 is 23.2 Å². The van der Waals surface area contributed by atoms with Crippen molar-refractivity contribution >= 4 is 40.5 Å². The van der Waals surface area contributed by atoms with E-state index in [2.05, 4.69) is 10.6 Å². The Kier molecular flexibility index (Phi) is 4.77. The van der Waals surface area contributed by atoms with Crippen LogP contribution in [0.1, 0.15) is 25.7 Å². The molecule has 1 aliphatic carbocycles. The normalized spacial score (nSPS) is 14.2. The minimum absolute atomic E-state index is 0.110. The molecule has 1 amide bonds. The number of nitrogen functional groups attached to an aromatic ring is 1. The molecule has 1 saturated carbocycles. The van der Waals surface area contributed by atoms with Crippen molar-refractivity contribution in [2.24, 2.45) is 0 Å². The summed E-state index contributed by atoms with van der Waals surface area (Å²) in [6, 6.07) is 3.71. The van der Waals surface area contributed by atoms with Crippen molar-refractivity contribution in [3.05, 3.63) is 22.2 Å². The number of halogens is 2. The van der Waals surface area contributed by atoms with Crippen LogP contribution in [0.4, 0.5) is 11.4 Å². The summed E-state index contributed by atoms with van der Waals surface area (Å²) in [5.41, 5.74) is 6.82. The molecule has 0 spiro atoms. The molecule has 4 N–H and O–H groups in total. The largest absolute Gasteiger partial charge is 0.399 e. The highest BCUT2D eigenvalue weighted by molar-refractivity contribution is 6.39. The van der Waals surface area contributed by atoms with Gasteiger partial charge in [0, 0.05) is 24.7 Å². The van der Waals surface area contributed by atoms with Gasteiger partial charge in [-0.05, 0) is 31.4 Å². The lowest BCUT2D eigenvalue weighted by Gasteiger charge is -2.11. The van der Waals surface area contributed by atoms with Crippen molar-refractivity contribution in [2.45, 2.75) is 31.7 Å². The van der Waals surface area contributed by atoms with Crippen LogP contribution in [0.3, 0.4) is 0 Å². The minimum atomic E-state index is 0.110. The number of nitrogens with two attached hydrogens (primary N) is 1. The van der Waals surface area contributed by atoms with Gasteiger partial charge in [0.05, 0.1) is 15.7 Å². The molecule has 0 radical (unpaired) electrons. The van der Waals surface area contributed by atoms with Crippen molar-refractivity contribution in [3.8, 4) is 0 Å². The van der Waals surface area contributed by atoms with E-state index in [1.54, 1.807) is 12.1 Å². The molecule has 0 aliphatic heterocycles. The summed E-state index contributed by atoms with van der Waals surface area (Å²) in [6.07, 6.45) is 3.46. The van der Waals surface area contributed by atoms with Crippen LogP contribution in [0.15, 0.2) is 12.1 Å². The molecular weight excluding hydrogens is 285 g/mol. The summed E-state index contributed by atoms with van der Waals surface area (Å²) in [5, 5.41) is 7.07. The lowest BCUT2D eigenvalue weighted by atomic mass is 10.2. The molecule has 0 unspecified atom stereocenters. The first-order valence-corrected chi connectivity index (χ1v) is 7.09. The van der Waals surface area contributed by atoms with E-state index in [9.17, 15) is 4.79 Å². The molecular formula is C13H17Cl2N3O. The Hall–Kier alpha value is -1.13. The van der Waals surface area contributed by atoms with Crippen molar-refractivity contribution in [2.75, 3.05) is 17.6 Å². The molecule has 0 saturated heterocycles. The number of benzene rings is 1. The summed E-state index contributed by atoms with van der Waals surface area (Å²) < 4.78 is 0. The number of amides is 1. The van der Waals surface area contributed by atoms with E-state index >= 15 is 0 Å². The highest BCUT2D eigenvalue weighted by atomic mass is 35.5. The molecule has 19 heavy (non-hydrogen) atoms. The van der Waals surface area contributed by atoms with Crippen molar-refractivity contribution in [1.82, 2.24) is 5.32 Å². The van der Waals surface area contributed by atoms with Crippen LogP contribution < -0.4 is 16.4 Å². The molecule has 2 rings (SSSR count). The summed E-state index contributed by atoms with van der Waals surface area (Å²) in [7, 11) is 0. The minimum Gasteiger partial charge on any atom is -0.399 e. The van der Waals surface area contributed by atoms with Gasteiger partial charge in [-0.2, -0.15) is 0 Å². The summed E-state index contributed by atoms with van der Waals surface area (Å²) in [4.78, 5) is 11.5. The molecule has 0 atom stereocenters. The van der Waals surface area contributed by atoms with Gasteiger partial charge in [0.25, 0.3) is 0 Å².